The fourth-order valence-corrected chi connectivity index (χ4v) is 1.85. The van der Waals surface area contributed by atoms with Crippen LogP contribution in [0.2, 0.25) is 0 Å². The highest BCUT2D eigenvalue weighted by Gasteiger charge is 2.15. The van der Waals surface area contributed by atoms with E-state index in [0.29, 0.717) is 13.1 Å². The number of primary amides is 1. The molecule has 3 N–H and O–H groups in total. The summed E-state index contributed by atoms with van der Waals surface area (Å²) < 4.78 is 1.94. The quantitative estimate of drug-likeness (QED) is 0.788. The largest absolute Gasteiger partial charge is 0.368 e. The molecule has 0 radical (unpaired) electrons. The van der Waals surface area contributed by atoms with E-state index in [-0.39, 0.29) is 11.9 Å². The summed E-state index contributed by atoms with van der Waals surface area (Å²) in [5.41, 5.74) is 7.28. The first-order valence-corrected chi connectivity index (χ1v) is 5.65. The number of para-hydroxylation sites is 2. The number of carbonyl (C=O) groups excluding carboxylic acids is 1. The van der Waals surface area contributed by atoms with E-state index in [2.05, 4.69) is 10.3 Å². The Kier molecular flexibility index (Phi) is 3.39. The van der Waals surface area contributed by atoms with Crippen LogP contribution in [0.15, 0.2) is 30.6 Å². The number of amides is 1. The maximum atomic E-state index is 11.3. The third-order valence-corrected chi connectivity index (χ3v) is 2.70. The highest BCUT2D eigenvalue weighted by atomic mass is 16.1. The zero-order valence-corrected chi connectivity index (χ0v) is 9.76. The van der Waals surface area contributed by atoms with E-state index in [4.69, 9.17) is 5.73 Å². The van der Waals surface area contributed by atoms with Crippen LogP contribution >= 0.6 is 0 Å². The first kappa shape index (κ1) is 11.6. The van der Waals surface area contributed by atoms with Crippen molar-refractivity contribution in [1.82, 2.24) is 14.9 Å². The molecule has 0 bridgehead atoms. The molecule has 0 fully saturated rings. The molecular formula is C12H16N4O. The Hall–Kier alpha value is -1.88. The number of aromatic nitrogens is 2. The van der Waals surface area contributed by atoms with Gasteiger partial charge in [-0.3, -0.25) is 4.79 Å². The van der Waals surface area contributed by atoms with Crippen LogP contribution in [0.1, 0.15) is 6.92 Å². The standard InChI is InChI=1S/C12H16N4O/c1-2-14-10(12(13)17)7-16-8-15-9-5-3-4-6-11(9)16/h3-6,8,10,14H,2,7H2,1H3,(H2,13,17). The fourth-order valence-electron chi connectivity index (χ4n) is 1.85. The van der Waals surface area contributed by atoms with Crippen LogP contribution in [0.5, 0.6) is 0 Å². The van der Waals surface area contributed by atoms with Crippen molar-refractivity contribution in [2.75, 3.05) is 6.54 Å². The van der Waals surface area contributed by atoms with E-state index in [9.17, 15) is 4.79 Å². The van der Waals surface area contributed by atoms with Gasteiger partial charge in [0.25, 0.3) is 0 Å². The van der Waals surface area contributed by atoms with Gasteiger partial charge in [-0.25, -0.2) is 4.98 Å². The molecule has 0 aliphatic rings. The maximum absolute atomic E-state index is 11.3. The number of fused-ring (bicyclic) bond motifs is 1. The van der Waals surface area contributed by atoms with Gasteiger partial charge in [0.05, 0.1) is 17.4 Å². The minimum Gasteiger partial charge on any atom is -0.368 e. The third-order valence-electron chi connectivity index (χ3n) is 2.70. The molecule has 0 spiro atoms. The molecule has 0 saturated carbocycles. The Morgan fingerprint density at radius 2 is 2.29 bits per heavy atom. The van der Waals surface area contributed by atoms with Crippen LogP contribution in [-0.4, -0.2) is 28.0 Å². The first-order valence-electron chi connectivity index (χ1n) is 5.65. The minimum atomic E-state index is -0.363. The van der Waals surface area contributed by atoms with E-state index in [1.807, 2.05) is 35.8 Å². The molecule has 90 valence electrons. The van der Waals surface area contributed by atoms with Crippen LogP contribution in [-0.2, 0) is 11.3 Å². The minimum absolute atomic E-state index is 0.343. The maximum Gasteiger partial charge on any atom is 0.236 e. The SMILES string of the molecule is CCNC(Cn1cnc2ccccc21)C(N)=O. The van der Waals surface area contributed by atoms with Gasteiger partial charge in [0.2, 0.25) is 5.91 Å². The second-order valence-corrected chi connectivity index (χ2v) is 3.90. The van der Waals surface area contributed by atoms with E-state index in [1.54, 1.807) is 6.33 Å². The number of nitrogens with one attached hydrogen (secondary N) is 1. The molecular weight excluding hydrogens is 216 g/mol. The molecule has 1 aromatic heterocycles. The van der Waals surface area contributed by atoms with Crippen LogP contribution in [0.25, 0.3) is 11.0 Å². The van der Waals surface area contributed by atoms with Crippen molar-refractivity contribution in [3.8, 4) is 0 Å². The third kappa shape index (κ3) is 2.45. The van der Waals surface area contributed by atoms with Crippen LogP contribution < -0.4 is 11.1 Å². The number of rotatable bonds is 5. The van der Waals surface area contributed by atoms with Crippen molar-refractivity contribution >= 4 is 16.9 Å². The second-order valence-electron chi connectivity index (χ2n) is 3.90. The summed E-state index contributed by atoms with van der Waals surface area (Å²) in [4.78, 5) is 15.6. The van der Waals surface area contributed by atoms with E-state index in [1.165, 1.54) is 0 Å². The molecule has 1 unspecified atom stereocenters. The lowest BCUT2D eigenvalue weighted by molar-refractivity contribution is -0.120. The van der Waals surface area contributed by atoms with Gasteiger partial charge in [0.15, 0.2) is 0 Å². The molecule has 1 aromatic carbocycles. The molecule has 0 saturated heterocycles. The number of likely N-dealkylation sites (N-methyl/N-ethyl adjacent to an activating group) is 1. The van der Waals surface area contributed by atoms with Gasteiger partial charge in [-0.05, 0) is 18.7 Å². The molecule has 2 aromatic rings. The van der Waals surface area contributed by atoms with Gasteiger partial charge < -0.3 is 15.6 Å². The highest BCUT2D eigenvalue weighted by Crippen LogP contribution is 2.12. The Morgan fingerprint density at radius 3 is 3.00 bits per heavy atom. The number of imidazole rings is 1. The number of nitrogens with two attached hydrogens (primary N) is 1. The molecule has 1 atom stereocenters. The van der Waals surface area contributed by atoms with E-state index in [0.717, 1.165) is 11.0 Å². The number of carbonyl (C=O) groups is 1. The average molecular weight is 232 g/mol. The molecule has 2 rings (SSSR count). The average Bonchev–Trinajstić information content (AvgIpc) is 2.72. The smallest absolute Gasteiger partial charge is 0.236 e. The lowest BCUT2D eigenvalue weighted by Gasteiger charge is -2.15. The molecule has 1 amide bonds. The molecule has 1 heterocycles. The normalized spacial score (nSPS) is 12.8. The predicted octanol–water partition coefficient (Wildman–Crippen LogP) is 0.500. The zero-order chi connectivity index (χ0) is 12.3. The van der Waals surface area contributed by atoms with Crippen molar-refractivity contribution in [3.63, 3.8) is 0 Å². The molecule has 0 aliphatic carbocycles. The summed E-state index contributed by atoms with van der Waals surface area (Å²) >= 11 is 0. The summed E-state index contributed by atoms with van der Waals surface area (Å²) in [7, 11) is 0. The van der Waals surface area contributed by atoms with Crippen molar-refractivity contribution < 1.29 is 4.79 Å². The first-order chi connectivity index (χ1) is 8.22. The van der Waals surface area contributed by atoms with Crippen molar-refractivity contribution in [1.29, 1.82) is 0 Å². The predicted molar refractivity (Wildman–Crippen MR) is 66.4 cm³/mol. The Bertz CT molecular complexity index is 520. The number of nitrogens with zero attached hydrogens (tertiary/aromatic N) is 2. The van der Waals surface area contributed by atoms with Crippen LogP contribution in [0, 0.1) is 0 Å². The summed E-state index contributed by atoms with van der Waals surface area (Å²) in [6.45, 7) is 3.16. The number of benzene rings is 1. The fraction of sp³-hybridized carbons (Fsp3) is 0.333. The topological polar surface area (TPSA) is 72.9 Å². The number of hydrogen-bond acceptors (Lipinski definition) is 3. The molecule has 5 nitrogen and oxygen atoms in total. The highest BCUT2D eigenvalue weighted by molar-refractivity contribution is 5.80. The lowest BCUT2D eigenvalue weighted by Crippen LogP contribution is -2.44. The van der Waals surface area contributed by atoms with E-state index >= 15 is 0 Å². The van der Waals surface area contributed by atoms with Gasteiger partial charge >= 0.3 is 0 Å². The molecule has 17 heavy (non-hydrogen) atoms. The summed E-state index contributed by atoms with van der Waals surface area (Å²) in [6.07, 6.45) is 1.73. The van der Waals surface area contributed by atoms with Gasteiger partial charge in [0, 0.05) is 6.54 Å². The van der Waals surface area contributed by atoms with Crippen molar-refractivity contribution in [2.45, 2.75) is 19.5 Å². The van der Waals surface area contributed by atoms with E-state index < -0.39 is 0 Å². The van der Waals surface area contributed by atoms with Gasteiger partial charge in [-0.15, -0.1) is 0 Å². The number of hydrogen-bond donors (Lipinski definition) is 2. The second kappa shape index (κ2) is 4.97. The van der Waals surface area contributed by atoms with Crippen molar-refractivity contribution in [3.05, 3.63) is 30.6 Å². The Morgan fingerprint density at radius 1 is 1.53 bits per heavy atom. The Balaban J connectivity index is 2.25. The molecule has 0 aliphatic heterocycles. The van der Waals surface area contributed by atoms with Gasteiger partial charge in [-0.1, -0.05) is 19.1 Å². The van der Waals surface area contributed by atoms with Gasteiger partial charge in [0.1, 0.15) is 6.04 Å². The van der Waals surface area contributed by atoms with Crippen LogP contribution in [0.3, 0.4) is 0 Å². The zero-order valence-electron chi connectivity index (χ0n) is 9.76. The molecule has 5 heteroatoms. The summed E-state index contributed by atoms with van der Waals surface area (Å²) in [6, 6.07) is 7.45. The summed E-state index contributed by atoms with van der Waals surface area (Å²) in [5, 5.41) is 3.06. The van der Waals surface area contributed by atoms with Crippen LogP contribution in [0.4, 0.5) is 0 Å². The monoisotopic (exact) mass is 232 g/mol. The lowest BCUT2D eigenvalue weighted by atomic mass is 10.2. The van der Waals surface area contributed by atoms with Crippen molar-refractivity contribution in [2.24, 2.45) is 5.73 Å². The van der Waals surface area contributed by atoms with Gasteiger partial charge in [-0.2, -0.15) is 0 Å². The summed E-state index contributed by atoms with van der Waals surface area (Å²) in [5.74, 6) is -0.343. The Labute approximate surface area is 99.6 Å².